The third-order valence-electron chi connectivity index (χ3n) is 3.29. The molecule has 1 unspecified atom stereocenters. The Hall–Kier alpha value is -1.85. The number of aryl methyl sites for hydroxylation is 1. The van der Waals surface area contributed by atoms with Gasteiger partial charge >= 0.3 is 0 Å². The van der Waals surface area contributed by atoms with E-state index in [4.69, 9.17) is 5.84 Å². The lowest BCUT2D eigenvalue weighted by Crippen LogP contribution is -2.31. The van der Waals surface area contributed by atoms with E-state index < -0.39 is 11.6 Å². The summed E-state index contributed by atoms with van der Waals surface area (Å²) in [5, 5.41) is 0. The van der Waals surface area contributed by atoms with Crippen molar-refractivity contribution in [2.45, 2.75) is 25.8 Å². The molecule has 1 heterocycles. The number of hydrogen-bond acceptors (Lipinski definition) is 3. The fourth-order valence-electron chi connectivity index (χ4n) is 2.22. The molecule has 0 aliphatic rings. The molecule has 0 aliphatic heterocycles. The molecule has 2 rings (SSSR count). The second-order valence-electron chi connectivity index (χ2n) is 4.54. The molecule has 0 saturated carbocycles. The number of aromatic nitrogens is 1. The van der Waals surface area contributed by atoms with Gasteiger partial charge < -0.3 is 0 Å². The van der Waals surface area contributed by atoms with Gasteiger partial charge in [-0.25, -0.2) is 8.78 Å². The van der Waals surface area contributed by atoms with Crippen LogP contribution in [0.3, 0.4) is 0 Å². The maximum absolute atomic E-state index is 13.7. The quantitative estimate of drug-likeness (QED) is 0.652. The van der Waals surface area contributed by atoms with Gasteiger partial charge in [0.2, 0.25) is 0 Å². The van der Waals surface area contributed by atoms with Crippen LogP contribution in [-0.4, -0.2) is 4.98 Å². The third kappa shape index (κ3) is 3.00. The first-order valence-corrected chi connectivity index (χ1v) is 6.50. The van der Waals surface area contributed by atoms with Gasteiger partial charge in [0.25, 0.3) is 0 Å². The number of nitrogens with zero attached hydrogens (tertiary/aromatic N) is 1. The van der Waals surface area contributed by atoms with E-state index >= 15 is 0 Å². The van der Waals surface area contributed by atoms with Crippen LogP contribution in [0.25, 0.3) is 0 Å². The lowest BCUT2D eigenvalue weighted by atomic mass is 9.98. The highest BCUT2D eigenvalue weighted by Crippen LogP contribution is 2.22. The van der Waals surface area contributed by atoms with Crippen LogP contribution in [0.1, 0.15) is 29.8 Å². The molecule has 20 heavy (non-hydrogen) atoms. The number of nitrogens with one attached hydrogen (secondary N) is 1. The minimum Gasteiger partial charge on any atom is -0.271 e. The van der Waals surface area contributed by atoms with E-state index in [0.717, 1.165) is 23.7 Å². The maximum atomic E-state index is 13.7. The fourth-order valence-corrected chi connectivity index (χ4v) is 2.22. The van der Waals surface area contributed by atoms with Crippen molar-refractivity contribution < 1.29 is 8.78 Å². The van der Waals surface area contributed by atoms with Crippen molar-refractivity contribution in [2.24, 2.45) is 5.84 Å². The zero-order chi connectivity index (χ0) is 14.5. The van der Waals surface area contributed by atoms with E-state index in [1.807, 2.05) is 19.1 Å². The van der Waals surface area contributed by atoms with Gasteiger partial charge in [-0.2, -0.15) is 0 Å². The van der Waals surface area contributed by atoms with Crippen LogP contribution in [0.5, 0.6) is 0 Å². The van der Waals surface area contributed by atoms with E-state index in [0.29, 0.717) is 0 Å². The second kappa shape index (κ2) is 6.54. The summed E-state index contributed by atoms with van der Waals surface area (Å²) in [4.78, 5) is 4.31. The Balaban J connectivity index is 2.31. The number of hydrazine groups is 1. The molecule has 0 bridgehead atoms. The molecule has 3 N–H and O–H groups in total. The van der Waals surface area contributed by atoms with Crippen LogP contribution in [0.15, 0.2) is 36.5 Å². The summed E-state index contributed by atoms with van der Waals surface area (Å²) >= 11 is 0. The Labute approximate surface area is 116 Å². The van der Waals surface area contributed by atoms with Gasteiger partial charge in [0.05, 0.1) is 11.7 Å². The molecule has 0 radical (unpaired) electrons. The van der Waals surface area contributed by atoms with Gasteiger partial charge in [0, 0.05) is 6.20 Å². The zero-order valence-corrected chi connectivity index (χ0v) is 11.2. The molecule has 0 saturated heterocycles. The number of benzene rings is 1. The first-order chi connectivity index (χ1) is 9.67. The summed E-state index contributed by atoms with van der Waals surface area (Å²) in [5.41, 5.74) is 4.71. The summed E-state index contributed by atoms with van der Waals surface area (Å²) in [5.74, 6) is 3.87. The smallest absolute Gasteiger partial charge is 0.162 e. The second-order valence-corrected chi connectivity index (χ2v) is 4.54. The number of halogens is 2. The van der Waals surface area contributed by atoms with Gasteiger partial charge in [-0.15, -0.1) is 0 Å². The summed E-state index contributed by atoms with van der Waals surface area (Å²) in [7, 11) is 0. The highest BCUT2D eigenvalue weighted by Gasteiger charge is 2.18. The minimum atomic E-state index is -0.852. The highest BCUT2D eigenvalue weighted by atomic mass is 19.2. The molecule has 0 aliphatic carbocycles. The fraction of sp³-hybridized carbons (Fsp3) is 0.267. The van der Waals surface area contributed by atoms with Crippen LogP contribution in [-0.2, 0) is 12.8 Å². The predicted molar refractivity (Wildman–Crippen MR) is 73.7 cm³/mol. The van der Waals surface area contributed by atoms with Gasteiger partial charge in [0.15, 0.2) is 11.6 Å². The van der Waals surface area contributed by atoms with Gasteiger partial charge in [-0.05, 0) is 36.1 Å². The number of pyridine rings is 1. The van der Waals surface area contributed by atoms with Gasteiger partial charge in [-0.3, -0.25) is 16.3 Å². The monoisotopic (exact) mass is 277 g/mol. The Bertz CT molecular complexity index is 587. The molecule has 0 fully saturated rings. The number of rotatable bonds is 5. The summed E-state index contributed by atoms with van der Waals surface area (Å²) in [6.45, 7) is 2.01. The molecule has 1 aromatic carbocycles. The summed E-state index contributed by atoms with van der Waals surface area (Å²) in [6.07, 6.45) is 2.71. The lowest BCUT2D eigenvalue weighted by Gasteiger charge is -2.18. The van der Waals surface area contributed by atoms with E-state index in [1.54, 1.807) is 12.3 Å². The lowest BCUT2D eigenvalue weighted by molar-refractivity contribution is 0.477. The van der Waals surface area contributed by atoms with Gasteiger partial charge in [-0.1, -0.05) is 25.1 Å². The largest absolute Gasteiger partial charge is 0.271 e. The van der Waals surface area contributed by atoms with Crippen LogP contribution >= 0.6 is 0 Å². The molecule has 0 spiro atoms. The van der Waals surface area contributed by atoms with E-state index in [1.165, 1.54) is 6.07 Å². The SMILES string of the molecule is CCc1cccnc1C(Cc1cccc(F)c1F)NN. The van der Waals surface area contributed by atoms with E-state index in [9.17, 15) is 8.78 Å². The molecule has 1 atom stereocenters. The maximum Gasteiger partial charge on any atom is 0.162 e. The summed E-state index contributed by atoms with van der Waals surface area (Å²) in [6, 6.07) is 7.58. The molecule has 106 valence electrons. The van der Waals surface area contributed by atoms with Gasteiger partial charge in [0.1, 0.15) is 0 Å². The number of nitrogens with two attached hydrogens (primary N) is 1. The van der Waals surface area contributed by atoms with Crippen LogP contribution in [0, 0.1) is 11.6 Å². The molecular weight excluding hydrogens is 260 g/mol. The predicted octanol–water partition coefficient (Wildman–Crippen LogP) is 2.67. The molecular formula is C15H17F2N3. The van der Waals surface area contributed by atoms with Crippen LogP contribution in [0.2, 0.25) is 0 Å². The van der Waals surface area contributed by atoms with E-state index in [-0.39, 0.29) is 18.0 Å². The third-order valence-corrected chi connectivity index (χ3v) is 3.29. The van der Waals surface area contributed by atoms with Crippen molar-refractivity contribution in [3.05, 3.63) is 65.0 Å². The van der Waals surface area contributed by atoms with Crippen molar-refractivity contribution in [1.82, 2.24) is 10.4 Å². The Kier molecular flexibility index (Phi) is 4.76. The minimum absolute atomic E-state index is 0.240. The average Bonchev–Trinajstić information content (AvgIpc) is 2.49. The Morgan fingerprint density at radius 2 is 1.95 bits per heavy atom. The standard InChI is InChI=1S/C15H17F2N3/c1-2-10-6-4-8-19-15(10)13(20-18)9-11-5-3-7-12(16)14(11)17/h3-8,13,20H,2,9,18H2,1H3. The van der Waals surface area contributed by atoms with Crippen molar-refractivity contribution in [1.29, 1.82) is 0 Å². The molecule has 5 heteroatoms. The van der Waals surface area contributed by atoms with Crippen LogP contribution in [0.4, 0.5) is 8.78 Å². The van der Waals surface area contributed by atoms with Crippen molar-refractivity contribution >= 4 is 0 Å². The van der Waals surface area contributed by atoms with Crippen molar-refractivity contribution in [2.75, 3.05) is 0 Å². The first-order valence-electron chi connectivity index (χ1n) is 6.50. The average molecular weight is 277 g/mol. The molecule has 1 aromatic heterocycles. The molecule has 3 nitrogen and oxygen atoms in total. The number of hydrogen-bond donors (Lipinski definition) is 2. The summed E-state index contributed by atoms with van der Waals surface area (Å²) < 4.78 is 27.0. The zero-order valence-electron chi connectivity index (χ0n) is 11.2. The Morgan fingerprint density at radius 1 is 1.20 bits per heavy atom. The topological polar surface area (TPSA) is 50.9 Å². The van der Waals surface area contributed by atoms with Crippen molar-refractivity contribution in [3.63, 3.8) is 0 Å². The highest BCUT2D eigenvalue weighted by molar-refractivity contribution is 5.27. The first kappa shape index (κ1) is 14.6. The van der Waals surface area contributed by atoms with Crippen molar-refractivity contribution in [3.8, 4) is 0 Å². The normalized spacial score (nSPS) is 12.4. The Morgan fingerprint density at radius 3 is 2.65 bits per heavy atom. The van der Waals surface area contributed by atoms with E-state index in [2.05, 4.69) is 10.4 Å². The molecule has 2 aromatic rings. The van der Waals surface area contributed by atoms with Crippen LogP contribution < -0.4 is 11.3 Å². The molecule has 0 amide bonds.